The summed E-state index contributed by atoms with van der Waals surface area (Å²) in [5, 5.41) is 9.82. The smallest absolute Gasteiger partial charge is 0.336 e. The van der Waals surface area contributed by atoms with E-state index in [2.05, 4.69) is 0 Å². The van der Waals surface area contributed by atoms with Gasteiger partial charge in [-0.2, -0.15) is 0 Å². The number of fused-ring (bicyclic) bond motifs is 1. The summed E-state index contributed by atoms with van der Waals surface area (Å²) in [6.07, 6.45) is 2.80. The molecule has 0 aliphatic heterocycles. The first kappa shape index (κ1) is 10.7. The quantitative estimate of drug-likeness (QED) is 0.820. The first-order valence-electron chi connectivity index (χ1n) is 5.25. The minimum atomic E-state index is -0.887. The molecule has 0 aliphatic carbocycles. The van der Waals surface area contributed by atoms with E-state index in [1.807, 2.05) is 22.9 Å². The third-order valence-electron chi connectivity index (χ3n) is 2.65. The van der Waals surface area contributed by atoms with Gasteiger partial charge in [-0.25, -0.2) is 4.79 Å². The Balaban J connectivity index is 2.48. The molecule has 16 heavy (non-hydrogen) atoms. The van der Waals surface area contributed by atoms with Crippen LogP contribution >= 0.6 is 0 Å². The molecule has 84 valence electrons. The molecular formula is C12H14N2O2. The molecule has 1 aromatic carbocycles. The Morgan fingerprint density at radius 1 is 1.38 bits per heavy atom. The van der Waals surface area contributed by atoms with E-state index in [1.165, 1.54) is 0 Å². The number of hydrogen-bond acceptors (Lipinski definition) is 2. The molecule has 4 nitrogen and oxygen atoms in total. The third kappa shape index (κ3) is 1.79. The molecule has 0 radical (unpaired) electrons. The fraction of sp³-hybridized carbons (Fsp3) is 0.250. The second kappa shape index (κ2) is 4.37. The zero-order valence-corrected chi connectivity index (χ0v) is 8.89. The molecule has 0 aliphatic rings. The lowest BCUT2D eigenvalue weighted by atomic mass is 10.1. The van der Waals surface area contributed by atoms with Crippen LogP contribution in [0.25, 0.3) is 10.9 Å². The number of carbonyl (C=O) groups is 1. The molecule has 2 aromatic rings. The van der Waals surface area contributed by atoms with Gasteiger partial charge in [0.1, 0.15) is 0 Å². The second-order valence-electron chi connectivity index (χ2n) is 3.69. The maximum Gasteiger partial charge on any atom is 0.336 e. The van der Waals surface area contributed by atoms with Gasteiger partial charge in [0.25, 0.3) is 0 Å². The Labute approximate surface area is 93.3 Å². The SMILES string of the molecule is NCCCn1ccc2c(C(=O)O)cccc21. The molecule has 0 amide bonds. The van der Waals surface area contributed by atoms with Gasteiger partial charge >= 0.3 is 5.97 Å². The van der Waals surface area contributed by atoms with Crippen LogP contribution in [-0.4, -0.2) is 22.2 Å². The summed E-state index contributed by atoms with van der Waals surface area (Å²) >= 11 is 0. The van der Waals surface area contributed by atoms with Crippen molar-refractivity contribution in [2.75, 3.05) is 6.54 Å². The Hall–Kier alpha value is -1.81. The number of nitrogens with zero attached hydrogens (tertiary/aromatic N) is 1. The van der Waals surface area contributed by atoms with Crippen LogP contribution in [-0.2, 0) is 6.54 Å². The minimum Gasteiger partial charge on any atom is -0.478 e. The van der Waals surface area contributed by atoms with Crippen molar-refractivity contribution in [1.82, 2.24) is 4.57 Å². The zero-order valence-electron chi connectivity index (χ0n) is 8.89. The largest absolute Gasteiger partial charge is 0.478 e. The number of carboxylic acid groups (broad SMARTS) is 1. The highest BCUT2D eigenvalue weighted by atomic mass is 16.4. The molecule has 0 bridgehead atoms. The Bertz CT molecular complexity index is 517. The van der Waals surface area contributed by atoms with Crippen LogP contribution < -0.4 is 5.73 Å². The third-order valence-corrected chi connectivity index (χ3v) is 2.65. The summed E-state index contributed by atoms with van der Waals surface area (Å²) in [6.45, 7) is 1.46. The number of aromatic nitrogens is 1. The molecule has 0 saturated carbocycles. The topological polar surface area (TPSA) is 68.2 Å². The van der Waals surface area contributed by atoms with E-state index in [-0.39, 0.29) is 0 Å². The van der Waals surface area contributed by atoms with Gasteiger partial charge in [-0.05, 0) is 31.2 Å². The number of aryl methyl sites for hydroxylation is 1. The van der Waals surface area contributed by atoms with E-state index < -0.39 is 5.97 Å². The molecule has 1 aromatic heterocycles. The van der Waals surface area contributed by atoms with Gasteiger partial charge in [0, 0.05) is 23.6 Å². The summed E-state index contributed by atoms with van der Waals surface area (Å²) in [5.41, 5.74) is 6.76. The van der Waals surface area contributed by atoms with Crippen molar-refractivity contribution in [3.8, 4) is 0 Å². The molecular weight excluding hydrogens is 204 g/mol. The molecule has 4 heteroatoms. The highest BCUT2D eigenvalue weighted by molar-refractivity contribution is 6.02. The predicted octanol–water partition coefficient (Wildman–Crippen LogP) is 1.69. The van der Waals surface area contributed by atoms with Crippen LogP contribution in [0.4, 0.5) is 0 Å². The van der Waals surface area contributed by atoms with E-state index in [1.54, 1.807) is 12.1 Å². The second-order valence-corrected chi connectivity index (χ2v) is 3.69. The van der Waals surface area contributed by atoms with Gasteiger partial charge in [-0.3, -0.25) is 0 Å². The highest BCUT2D eigenvalue weighted by Crippen LogP contribution is 2.20. The first-order chi connectivity index (χ1) is 7.74. The van der Waals surface area contributed by atoms with Gasteiger partial charge < -0.3 is 15.4 Å². The molecule has 2 rings (SSSR count). The normalized spacial score (nSPS) is 10.8. The van der Waals surface area contributed by atoms with Crippen molar-refractivity contribution < 1.29 is 9.90 Å². The maximum absolute atomic E-state index is 11.0. The van der Waals surface area contributed by atoms with Gasteiger partial charge in [0.05, 0.1) is 5.56 Å². The summed E-state index contributed by atoms with van der Waals surface area (Å²) < 4.78 is 2.04. The van der Waals surface area contributed by atoms with E-state index in [9.17, 15) is 4.79 Å². The number of rotatable bonds is 4. The summed E-state index contributed by atoms with van der Waals surface area (Å²) in [4.78, 5) is 11.0. The standard InChI is InChI=1S/C12H14N2O2/c13-6-2-7-14-8-5-9-10(12(15)16)3-1-4-11(9)14/h1,3-5,8H,2,6-7,13H2,(H,15,16). The number of benzene rings is 1. The van der Waals surface area contributed by atoms with Crippen molar-refractivity contribution in [3.05, 3.63) is 36.0 Å². The Morgan fingerprint density at radius 2 is 2.19 bits per heavy atom. The monoisotopic (exact) mass is 218 g/mol. The van der Waals surface area contributed by atoms with E-state index in [0.717, 1.165) is 23.9 Å². The molecule has 3 N–H and O–H groups in total. The van der Waals surface area contributed by atoms with Gasteiger partial charge in [-0.1, -0.05) is 6.07 Å². The first-order valence-corrected chi connectivity index (χ1v) is 5.25. The van der Waals surface area contributed by atoms with Crippen LogP contribution in [0.2, 0.25) is 0 Å². The molecule has 0 saturated heterocycles. The number of carboxylic acids is 1. The lowest BCUT2D eigenvalue weighted by Gasteiger charge is -2.04. The maximum atomic E-state index is 11.0. The lowest BCUT2D eigenvalue weighted by molar-refractivity contribution is 0.0699. The van der Waals surface area contributed by atoms with Crippen LogP contribution in [0.5, 0.6) is 0 Å². The van der Waals surface area contributed by atoms with Crippen molar-refractivity contribution in [3.63, 3.8) is 0 Å². The minimum absolute atomic E-state index is 0.351. The van der Waals surface area contributed by atoms with Crippen molar-refractivity contribution in [1.29, 1.82) is 0 Å². The van der Waals surface area contributed by atoms with Crippen LogP contribution in [0.15, 0.2) is 30.5 Å². The van der Waals surface area contributed by atoms with Gasteiger partial charge in [0.15, 0.2) is 0 Å². The van der Waals surface area contributed by atoms with Gasteiger partial charge in [0.2, 0.25) is 0 Å². The number of nitrogens with two attached hydrogens (primary N) is 1. The summed E-state index contributed by atoms with van der Waals surface area (Å²) in [6, 6.07) is 7.16. The van der Waals surface area contributed by atoms with E-state index in [0.29, 0.717) is 12.1 Å². The number of aromatic carboxylic acids is 1. The fourth-order valence-corrected chi connectivity index (χ4v) is 1.87. The molecule has 0 fully saturated rings. The molecule has 0 unspecified atom stereocenters. The van der Waals surface area contributed by atoms with E-state index >= 15 is 0 Å². The predicted molar refractivity (Wildman–Crippen MR) is 62.6 cm³/mol. The van der Waals surface area contributed by atoms with E-state index in [4.69, 9.17) is 10.8 Å². The van der Waals surface area contributed by atoms with Crippen LogP contribution in [0.1, 0.15) is 16.8 Å². The van der Waals surface area contributed by atoms with Gasteiger partial charge in [-0.15, -0.1) is 0 Å². The Kier molecular flexibility index (Phi) is 2.92. The van der Waals surface area contributed by atoms with Crippen molar-refractivity contribution >= 4 is 16.9 Å². The molecule has 0 atom stereocenters. The highest BCUT2D eigenvalue weighted by Gasteiger charge is 2.10. The fourth-order valence-electron chi connectivity index (χ4n) is 1.87. The summed E-state index contributed by atoms with van der Waals surface area (Å²) in [5.74, 6) is -0.887. The Morgan fingerprint density at radius 3 is 2.88 bits per heavy atom. The molecule has 1 heterocycles. The summed E-state index contributed by atoms with van der Waals surface area (Å²) in [7, 11) is 0. The van der Waals surface area contributed by atoms with Crippen LogP contribution in [0.3, 0.4) is 0 Å². The van der Waals surface area contributed by atoms with Crippen LogP contribution in [0, 0.1) is 0 Å². The molecule has 0 spiro atoms. The van der Waals surface area contributed by atoms with Crippen molar-refractivity contribution in [2.24, 2.45) is 5.73 Å². The lowest BCUT2D eigenvalue weighted by Crippen LogP contribution is -2.05. The van der Waals surface area contributed by atoms with Crippen molar-refractivity contribution in [2.45, 2.75) is 13.0 Å². The average molecular weight is 218 g/mol. The average Bonchev–Trinajstić information content (AvgIpc) is 2.69. The zero-order chi connectivity index (χ0) is 11.5. The number of hydrogen-bond donors (Lipinski definition) is 2.